The Morgan fingerprint density at radius 3 is 2.79 bits per heavy atom. The molecule has 1 rings (SSSR count). The number of rotatable bonds is 8. The van der Waals surface area contributed by atoms with E-state index in [0.29, 0.717) is 13.0 Å². The number of halogens is 1. The van der Waals surface area contributed by atoms with Gasteiger partial charge in [-0.15, -0.1) is 0 Å². The van der Waals surface area contributed by atoms with Gasteiger partial charge in [-0.2, -0.15) is 0 Å². The van der Waals surface area contributed by atoms with Gasteiger partial charge in [0.05, 0.1) is 20.1 Å². The molecule has 0 saturated carbocycles. The molecule has 0 unspecified atom stereocenters. The van der Waals surface area contributed by atoms with Crippen molar-refractivity contribution in [3.63, 3.8) is 0 Å². The van der Waals surface area contributed by atoms with Crippen LogP contribution in [0.2, 0.25) is 0 Å². The maximum Gasteiger partial charge on any atom is 0.309 e. The smallest absolute Gasteiger partial charge is 0.309 e. The molecule has 4 heteroatoms. The first-order chi connectivity index (χ1) is 9.21. The van der Waals surface area contributed by atoms with Gasteiger partial charge in [-0.3, -0.25) is 4.79 Å². The third-order valence-electron chi connectivity index (χ3n) is 2.76. The molecule has 0 heterocycles. The number of carbonyl (C=O) groups excluding carboxylic acids is 1. The second kappa shape index (κ2) is 8.97. The predicted octanol–water partition coefficient (Wildman–Crippen LogP) is 3.52. The van der Waals surface area contributed by atoms with E-state index in [1.54, 1.807) is 0 Å². The van der Waals surface area contributed by atoms with Crippen molar-refractivity contribution in [3.05, 3.63) is 29.3 Å². The van der Waals surface area contributed by atoms with E-state index in [2.05, 4.69) is 27.6 Å². The number of hydrogen-bond donors (Lipinski definition) is 0. The molecule has 0 fully saturated rings. The van der Waals surface area contributed by atoms with Crippen LogP contribution in [0.3, 0.4) is 0 Å². The first kappa shape index (κ1) is 16.0. The minimum absolute atomic E-state index is 0.213. The summed E-state index contributed by atoms with van der Waals surface area (Å²) in [5.41, 5.74) is 2.14. The fourth-order valence-electron chi connectivity index (χ4n) is 1.82. The fourth-order valence-corrected chi connectivity index (χ4v) is 2.05. The van der Waals surface area contributed by atoms with Gasteiger partial charge >= 0.3 is 5.97 Å². The summed E-state index contributed by atoms with van der Waals surface area (Å²) in [6.07, 6.45) is 3.31. The zero-order chi connectivity index (χ0) is 14.1. The number of ether oxygens (including phenoxy) is 2. The molecule has 0 saturated heterocycles. The van der Waals surface area contributed by atoms with Crippen molar-refractivity contribution in [2.45, 2.75) is 32.6 Å². The number of hydrogen-bond acceptors (Lipinski definition) is 3. The molecule has 0 aliphatic carbocycles. The van der Waals surface area contributed by atoms with Crippen LogP contribution in [-0.2, 0) is 22.4 Å². The molecular formula is C15H21BrO3. The van der Waals surface area contributed by atoms with Gasteiger partial charge in [-0.1, -0.05) is 41.4 Å². The average Bonchev–Trinajstić information content (AvgIpc) is 2.41. The molecule has 19 heavy (non-hydrogen) atoms. The van der Waals surface area contributed by atoms with Gasteiger partial charge in [0, 0.05) is 5.33 Å². The van der Waals surface area contributed by atoms with E-state index in [0.717, 1.165) is 35.9 Å². The van der Waals surface area contributed by atoms with Crippen LogP contribution >= 0.6 is 15.9 Å². The third-order valence-corrected chi connectivity index (χ3v) is 3.32. The molecule has 0 aromatic heterocycles. The van der Waals surface area contributed by atoms with Crippen LogP contribution in [0.5, 0.6) is 5.75 Å². The molecule has 0 spiro atoms. The van der Waals surface area contributed by atoms with Crippen molar-refractivity contribution < 1.29 is 14.3 Å². The molecule has 3 nitrogen and oxygen atoms in total. The zero-order valence-corrected chi connectivity index (χ0v) is 13.2. The van der Waals surface area contributed by atoms with E-state index in [1.807, 2.05) is 18.2 Å². The van der Waals surface area contributed by atoms with Crippen molar-refractivity contribution >= 4 is 21.9 Å². The summed E-state index contributed by atoms with van der Waals surface area (Å²) in [6, 6.07) is 5.93. The van der Waals surface area contributed by atoms with Crippen LogP contribution in [0.25, 0.3) is 0 Å². The average molecular weight is 329 g/mol. The maximum absolute atomic E-state index is 11.3. The molecule has 0 aliphatic heterocycles. The fraction of sp³-hybridized carbons (Fsp3) is 0.533. The van der Waals surface area contributed by atoms with E-state index in [9.17, 15) is 4.79 Å². The van der Waals surface area contributed by atoms with Crippen molar-refractivity contribution in [3.8, 4) is 5.75 Å². The van der Waals surface area contributed by atoms with Gasteiger partial charge in [-0.25, -0.2) is 0 Å². The van der Waals surface area contributed by atoms with E-state index in [-0.39, 0.29) is 5.97 Å². The topological polar surface area (TPSA) is 35.5 Å². The Bertz CT molecular complexity index is 404. The van der Waals surface area contributed by atoms with Crippen LogP contribution < -0.4 is 4.74 Å². The maximum atomic E-state index is 11.3. The summed E-state index contributed by atoms with van der Waals surface area (Å²) in [6.45, 7) is 2.84. The molecule has 0 N–H and O–H groups in total. The quantitative estimate of drug-likeness (QED) is 0.416. The zero-order valence-electron chi connectivity index (χ0n) is 11.6. The lowest BCUT2D eigenvalue weighted by molar-refractivity contribution is -0.139. The van der Waals surface area contributed by atoms with Crippen LogP contribution in [0.4, 0.5) is 0 Å². The highest BCUT2D eigenvalue weighted by atomic mass is 79.9. The number of esters is 1. The number of benzene rings is 1. The highest BCUT2D eigenvalue weighted by Gasteiger charge is 2.08. The van der Waals surface area contributed by atoms with E-state index >= 15 is 0 Å². The van der Waals surface area contributed by atoms with E-state index < -0.39 is 0 Å². The summed E-state index contributed by atoms with van der Waals surface area (Å²) in [5.74, 6) is 0.715. The van der Waals surface area contributed by atoms with Crippen LogP contribution in [0.15, 0.2) is 18.2 Å². The Morgan fingerprint density at radius 2 is 2.16 bits per heavy atom. The molecule has 1 aromatic rings. The molecule has 0 atom stereocenters. The first-order valence-corrected chi connectivity index (χ1v) is 7.70. The summed E-state index contributed by atoms with van der Waals surface area (Å²) in [7, 11) is 1.41. The van der Waals surface area contributed by atoms with E-state index in [4.69, 9.17) is 4.74 Å². The van der Waals surface area contributed by atoms with Crippen molar-refractivity contribution in [1.82, 2.24) is 0 Å². The Kier molecular flexibility index (Phi) is 7.56. The normalized spacial score (nSPS) is 10.3. The number of carbonyl (C=O) groups is 1. The number of aryl methyl sites for hydroxylation is 1. The predicted molar refractivity (Wildman–Crippen MR) is 80.1 cm³/mol. The molecule has 1 aromatic carbocycles. The van der Waals surface area contributed by atoms with Crippen LogP contribution in [0, 0.1) is 0 Å². The lowest BCUT2D eigenvalue weighted by Gasteiger charge is -2.12. The largest absolute Gasteiger partial charge is 0.493 e. The summed E-state index contributed by atoms with van der Waals surface area (Å²) >= 11 is 3.39. The van der Waals surface area contributed by atoms with Gasteiger partial charge in [0.2, 0.25) is 0 Å². The standard InChI is InChI=1S/C15H21BrO3/c1-3-5-13-10-12(11-15(17)18-2)6-7-14(13)19-9-4-8-16/h6-7,10H,3-5,8-9,11H2,1-2H3. The van der Waals surface area contributed by atoms with Crippen molar-refractivity contribution in [2.75, 3.05) is 19.0 Å². The monoisotopic (exact) mass is 328 g/mol. The second-order valence-electron chi connectivity index (χ2n) is 4.34. The Morgan fingerprint density at radius 1 is 1.37 bits per heavy atom. The molecule has 0 aliphatic rings. The lowest BCUT2D eigenvalue weighted by Crippen LogP contribution is -2.06. The van der Waals surface area contributed by atoms with Gasteiger partial charge in [0.15, 0.2) is 0 Å². The van der Waals surface area contributed by atoms with Crippen LogP contribution in [-0.4, -0.2) is 25.0 Å². The van der Waals surface area contributed by atoms with Gasteiger partial charge in [0.25, 0.3) is 0 Å². The molecular weight excluding hydrogens is 308 g/mol. The van der Waals surface area contributed by atoms with Gasteiger partial charge in [-0.05, 0) is 30.0 Å². The first-order valence-electron chi connectivity index (χ1n) is 6.58. The highest BCUT2D eigenvalue weighted by Crippen LogP contribution is 2.22. The second-order valence-corrected chi connectivity index (χ2v) is 5.13. The van der Waals surface area contributed by atoms with Gasteiger partial charge in [0.1, 0.15) is 5.75 Å². The number of alkyl halides is 1. The molecule has 106 valence electrons. The minimum Gasteiger partial charge on any atom is -0.493 e. The van der Waals surface area contributed by atoms with Crippen molar-refractivity contribution in [2.24, 2.45) is 0 Å². The highest BCUT2D eigenvalue weighted by molar-refractivity contribution is 9.09. The molecule has 0 amide bonds. The summed E-state index contributed by atoms with van der Waals surface area (Å²) < 4.78 is 10.5. The third kappa shape index (κ3) is 5.64. The van der Waals surface area contributed by atoms with E-state index in [1.165, 1.54) is 12.7 Å². The molecule has 0 radical (unpaired) electrons. The minimum atomic E-state index is -0.213. The van der Waals surface area contributed by atoms with Gasteiger partial charge < -0.3 is 9.47 Å². The summed E-state index contributed by atoms with van der Waals surface area (Å²) in [5, 5.41) is 0.941. The lowest BCUT2D eigenvalue weighted by atomic mass is 10.0. The van der Waals surface area contributed by atoms with Crippen molar-refractivity contribution in [1.29, 1.82) is 0 Å². The Balaban J connectivity index is 2.78. The summed E-state index contributed by atoms with van der Waals surface area (Å²) in [4.78, 5) is 11.3. The SMILES string of the molecule is CCCc1cc(CC(=O)OC)ccc1OCCCBr. The molecule has 0 bridgehead atoms. The Hall–Kier alpha value is -1.03. The Labute approximate surface area is 123 Å². The van der Waals surface area contributed by atoms with Crippen LogP contribution in [0.1, 0.15) is 30.9 Å². The number of methoxy groups -OCH3 is 1.